The van der Waals surface area contributed by atoms with Gasteiger partial charge >= 0.3 is 6.18 Å². The molecule has 1 aromatic carbocycles. The molecule has 1 aliphatic rings. The number of alkyl halides is 3. The first kappa shape index (κ1) is 19.8. The van der Waals surface area contributed by atoms with E-state index in [2.05, 4.69) is 4.98 Å². The number of hydrogen-bond donors (Lipinski definition) is 0. The number of ether oxygens (including phenoxy) is 3. The van der Waals surface area contributed by atoms with Crippen molar-refractivity contribution >= 4 is 5.91 Å². The minimum Gasteiger partial charge on any atom is -0.497 e. The van der Waals surface area contributed by atoms with E-state index in [4.69, 9.17) is 14.2 Å². The van der Waals surface area contributed by atoms with Gasteiger partial charge in [-0.3, -0.25) is 4.79 Å². The van der Waals surface area contributed by atoms with Crippen LogP contribution in [0.15, 0.2) is 36.5 Å². The van der Waals surface area contributed by atoms with Crippen molar-refractivity contribution in [3.63, 3.8) is 0 Å². The van der Waals surface area contributed by atoms with Crippen LogP contribution in [-0.2, 0) is 6.18 Å². The van der Waals surface area contributed by atoms with E-state index in [1.165, 1.54) is 20.3 Å². The molecular formula is C19H19F3N2O4. The molecule has 0 unspecified atom stereocenters. The second kappa shape index (κ2) is 7.95. The highest BCUT2D eigenvalue weighted by Crippen LogP contribution is 2.30. The molecule has 1 fully saturated rings. The maximum absolute atomic E-state index is 12.8. The third-order valence-electron chi connectivity index (χ3n) is 4.38. The number of halogens is 3. The molecule has 3 rings (SSSR count). The van der Waals surface area contributed by atoms with Gasteiger partial charge in [-0.15, -0.1) is 0 Å². The van der Waals surface area contributed by atoms with Crippen LogP contribution >= 0.6 is 0 Å². The van der Waals surface area contributed by atoms with Crippen LogP contribution < -0.4 is 14.2 Å². The Labute approximate surface area is 159 Å². The Balaban J connectivity index is 1.64. The number of pyridine rings is 1. The second-order valence-electron chi connectivity index (χ2n) is 6.26. The van der Waals surface area contributed by atoms with Gasteiger partial charge in [-0.1, -0.05) is 0 Å². The van der Waals surface area contributed by atoms with Gasteiger partial charge in [0, 0.05) is 36.9 Å². The molecule has 0 spiro atoms. The molecule has 2 aromatic rings. The maximum atomic E-state index is 12.8. The van der Waals surface area contributed by atoms with Crippen molar-refractivity contribution in [2.75, 3.05) is 27.3 Å². The van der Waals surface area contributed by atoms with Gasteiger partial charge in [-0.25, -0.2) is 4.98 Å². The molecule has 1 atom stereocenters. The zero-order valence-electron chi connectivity index (χ0n) is 15.3. The summed E-state index contributed by atoms with van der Waals surface area (Å²) in [6.45, 7) is 0.769. The maximum Gasteiger partial charge on any atom is 0.417 e. The summed E-state index contributed by atoms with van der Waals surface area (Å²) in [5.74, 6) is 0.895. The normalized spacial score (nSPS) is 16.8. The molecule has 28 heavy (non-hydrogen) atoms. The van der Waals surface area contributed by atoms with E-state index in [-0.39, 0.29) is 17.9 Å². The summed E-state index contributed by atoms with van der Waals surface area (Å²) in [7, 11) is 3.00. The van der Waals surface area contributed by atoms with Gasteiger partial charge in [-0.05, 0) is 18.2 Å². The van der Waals surface area contributed by atoms with Gasteiger partial charge in [0.25, 0.3) is 5.91 Å². The highest BCUT2D eigenvalue weighted by atomic mass is 19.4. The quantitative estimate of drug-likeness (QED) is 0.775. The average molecular weight is 396 g/mol. The first-order valence-electron chi connectivity index (χ1n) is 8.52. The molecule has 0 radical (unpaired) electrons. The zero-order chi connectivity index (χ0) is 20.3. The molecule has 0 saturated carbocycles. The molecule has 9 heteroatoms. The number of carbonyl (C=O) groups is 1. The van der Waals surface area contributed by atoms with Crippen LogP contribution in [0.3, 0.4) is 0 Å². The molecular weight excluding hydrogens is 377 g/mol. The summed E-state index contributed by atoms with van der Waals surface area (Å²) in [6, 6.07) is 7.01. The number of amides is 1. The lowest BCUT2D eigenvalue weighted by Gasteiger charge is -2.18. The first-order chi connectivity index (χ1) is 13.3. The summed E-state index contributed by atoms with van der Waals surface area (Å²) in [4.78, 5) is 18.1. The van der Waals surface area contributed by atoms with Crippen molar-refractivity contribution < 1.29 is 32.2 Å². The lowest BCUT2D eigenvalue weighted by Crippen LogP contribution is -2.31. The zero-order valence-corrected chi connectivity index (χ0v) is 15.3. The highest BCUT2D eigenvalue weighted by molar-refractivity contribution is 5.95. The largest absolute Gasteiger partial charge is 0.497 e. The molecule has 150 valence electrons. The Bertz CT molecular complexity index is 818. The lowest BCUT2D eigenvalue weighted by molar-refractivity contribution is -0.137. The van der Waals surface area contributed by atoms with E-state index in [0.29, 0.717) is 36.6 Å². The predicted octanol–water partition coefficient (Wildman–Crippen LogP) is 3.41. The van der Waals surface area contributed by atoms with Crippen molar-refractivity contribution in [1.82, 2.24) is 9.88 Å². The van der Waals surface area contributed by atoms with Crippen LogP contribution in [-0.4, -0.2) is 49.2 Å². The molecule has 2 heterocycles. The van der Waals surface area contributed by atoms with Crippen molar-refractivity contribution in [2.24, 2.45) is 0 Å². The molecule has 1 aliphatic heterocycles. The number of methoxy groups -OCH3 is 2. The second-order valence-corrected chi connectivity index (χ2v) is 6.26. The smallest absolute Gasteiger partial charge is 0.417 e. The minimum absolute atomic E-state index is 0.0929. The summed E-state index contributed by atoms with van der Waals surface area (Å²) in [5, 5.41) is 0. The topological polar surface area (TPSA) is 60.9 Å². The summed E-state index contributed by atoms with van der Waals surface area (Å²) in [5.41, 5.74) is -0.417. The number of hydrogen-bond acceptors (Lipinski definition) is 5. The number of rotatable bonds is 5. The Morgan fingerprint density at radius 1 is 1.14 bits per heavy atom. The fraction of sp³-hybridized carbons (Fsp3) is 0.368. The fourth-order valence-electron chi connectivity index (χ4n) is 2.91. The number of nitrogens with zero attached hydrogens (tertiary/aromatic N) is 2. The van der Waals surface area contributed by atoms with Crippen LogP contribution in [0, 0.1) is 0 Å². The summed E-state index contributed by atoms with van der Waals surface area (Å²) >= 11 is 0. The van der Waals surface area contributed by atoms with Crippen LogP contribution in [0.5, 0.6) is 17.4 Å². The molecule has 1 aromatic heterocycles. The third kappa shape index (κ3) is 4.47. The SMILES string of the molecule is COc1cc(OC)cc(C(=O)N2CC[C@H](Oc3ccc(C(F)(F)F)cn3)C2)c1. The van der Waals surface area contributed by atoms with Gasteiger partial charge in [0.2, 0.25) is 5.88 Å². The Kier molecular flexibility index (Phi) is 5.62. The lowest BCUT2D eigenvalue weighted by atomic mass is 10.1. The van der Waals surface area contributed by atoms with Crippen LogP contribution in [0.1, 0.15) is 22.3 Å². The van der Waals surface area contributed by atoms with Gasteiger partial charge in [0.05, 0.1) is 26.3 Å². The van der Waals surface area contributed by atoms with Crippen molar-refractivity contribution in [1.29, 1.82) is 0 Å². The van der Waals surface area contributed by atoms with E-state index in [0.717, 1.165) is 12.3 Å². The van der Waals surface area contributed by atoms with E-state index >= 15 is 0 Å². The molecule has 1 amide bonds. The van der Waals surface area contributed by atoms with E-state index in [1.807, 2.05) is 0 Å². The van der Waals surface area contributed by atoms with Crippen LogP contribution in [0.4, 0.5) is 13.2 Å². The monoisotopic (exact) mass is 396 g/mol. The number of likely N-dealkylation sites (tertiary alicyclic amines) is 1. The van der Waals surface area contributed by atoms with Gasteiger partial charge in [0.15, 0.2) is 0 Å². The highest BCUT2D eigenvalue weighted by Gasteiger charge is 2.32. The molecule has 0 aliphatic carbocycles. The average Bonchev–Trinajstić information content (AvgIpc) is 3.15. The number of benzene rings is 1. The predicted molar refractivity (Wildman–Crippen MR) is 93.7 cm³/mol. The Morgan fingerprint density at radius 2 is 1.82 bits per heavy atom. The van der Waals surface area contributed by atoms with Crippen molar-refractivity contribution in [3.05, 3.63) is 47.7 Å². The Hall–Kier alpha value is -2.97. The van der Waals surface area contributed by atoms with E-state index in [1.54, 1.807) is 23.1 Å². The molecule has 1 saturated heterocycles. The van der Waals surface area contributed by atoms with Crippen LogP contribution in [0.25, 0.3) is 0 Å². The number of carbonyl (C=O) groups excluding carboxylic acids is 1. The third-order valence-corrected chi connectivity index (χ3v) is 4.38. The Morgan fingerprint density at radius 3 is 2.36 bits per heavy atom. The first-order valence-corrected chi connectivity index (χ1v) is 8.52. The standard InChI is InChI=1S/C19H19F3N2O4/c1-26-15-7-12(8-16(9-15)27-2)18(25)24-6-5-14(11-24)28-17-4-3-13(10-23-17)19(20,21)22/h3-4,7-10,14H,5-6,11H2,1-2H3/t14-/m0/s1. The minimum atomic E-state index is -4.44. The summed E-state index contributed by atoms with van der Waals surface area (Å²) < 4.78 is 53.8. The van der Waals surface area contributed by atoms with Gasteiger partial charge < -0.3 is 19.1 Å². The van der Waals surface area contributed by atoms with Crippen molar-refractivity contribution in [2.45, 2.75) is 18.7 Å². The van der Waals surface area contributed by atoms with Gasteiger partial charge in [0.1, 0.15) is 17.6 Å². The van der Waals surface area contributed by atoms with E-state index < -0.39 is 11.7 Å². The fourth-order valence-corrected chi connectivity index (χ4v) is 2.91. The molecule has 6 nitrogen and oxygen atoms in total. The van der Waals surface area contributed by atoms with E-state index in [9.17, 15) is 18.0 Å². The van der Waals surface area contributed by atoms with Gasteiger partial charge in [-0.2, -0.15) is 13.2 Å². The van der Waals surface area contributed by atoms with Crippen LogP contribution in [0.2, 0.25) is 0 Å². The number of aromatic nitrogens is 1. The summed E-state index contributed by atoms with van der Waals surface area (Å²) in [6.07, 6.45) is -3.51. The van der Waals surface area contributed by atoms with Crippen molar-refractivity contribution in [3.8, 4) is 17.4 Å². The molecule has 0 bridgehead atoms. The molecule has 0 N–H and O–H groups in total.